The Morgan fingerprint density at radius 2 is 1.64 bits per heavy atom. The maximum Gasteiger partial charge on any atom is 0.220 e. The Kier molecular flexibility index (Phi) is 6.01. The standard InChI is InChI=1S/C19H23NO2/c1-3-22-18-11-8-17(9-12-18)14-20-19(21)13-10-16-6-4-15(2)5-7-16/h4-9,11-12H,3,10,13-14H2,1-2H3,(H,20,21). The molecule has 1 amide bonds. The molecule has 0 unspecified atom stereocenters. The Labute approximate surface area is 132 Å². The van der Waals surface area contributed by atoms with E-state index in [9.17, 15) is 4.79 Å². The first kappa shape index (κ1) is 16.1. The lowest BCUT2D eigenvalue weighted by Gasteiger charge is -2.07. The van der Waals surface area contributed by atoms with Crippen molar-refractivity contribution < 1.29 is 9.53 Å². The topological polar surface area (TPSA) is 38.3 Å². The van der Waals surface area contributed by atoms with E-state index in [1.807, 2.05) is 31.2 Å². The van der Waals surface area contributed by atoms with Gasteiger partial charge in [0.1, 0.15) is 5.75 Å². The third-order valence-electron chi connectivity index (χ3n) is 3.49. The molecule has 0 saturated carbocycles. The van der Waals surface area contributed by atoms with Crippen molar-refractivity contribution in [2.75, 3.05) is 6.61 Å². The van der Waals surface area contributed by atoms with Crippen LogP contribution in [0.4, 0.5) is 0 Å². The third kappa shape index (κ3) is 5.24. The number of amides is 1. The van der Waals surface area contributed by atoms with Crippen LogP contribution in [0, 0.1) is 6.92 Å². The maximum atomic E-state index is 11.9. The van der Waals surface area contributed by atoms with Gasteiger partial charge in [0.25, 0.3) is 0 Å². The van der Waals surface area contributed by atoms with Crippen molar-refractivity contribution in [1.82, 2.24) is 5.32 Å². The molecule has 0 aliphatic carbocycles. The van der Waals surface area contributed by atoms with E-state index in [1.54, 1.807) is 0 Å². The Balaban J connectivity index is 1.74. The molecule has 0 spiro atoms. The van der Waals surface area contributed by atoms with Gasteiger partial charge in [0, 0.05) is 13.0 Å². The second kappa shape index (κ2) is 8.23. The second-order valence-electron chi connectivity index (χ2n) is 5.34. The van der Waals surface area contributed by atoms with Crippen molar-refractivity contribution in [2.45, 2.75) is 33.2 Å². The molecule has 0 aliphatic heterocycles. The van der Waals surface area contributed by atoms with E-state index in [1.165, 1.54) is 11.1 Å². The minimum atomic E-state index is 0.0782. The van der Waals surface area contributed by atoms with Gasteiger partial charge in [0.15, 0.2) is 0 Å². The molecule has 0 bridgehead atoms. The largest absolute Gasteiger partial charge is 0.494 e. The van der Waals surface area contributed by atoms with Gasteiger partial charge in [-0.25, -0.2) is 0 Å². The number of carbonyl (C=O) groups excluding carboxylic acids is 1. The van der Waals surface area contributed by atoms with E-state index in [0.717, 1.165) is 17.7 Å². The molecule has 2 aromatic rings. The summed E-state index contributed by atoms with van der Waals surface area (Å²) in [6.07, 6.45) is 1.29. The van der Waals surface area contributed by atoms with Gasteiger partial charge in [-0.1, -0.05) is 42.0 Å². The molecule has 0 atom stereocenters. The molecular formula is C19H23NO2. The highest BCUT2D eigenvalue weighted by atomic mass is 16.5. The number of nitrogens with one attached hydrogen (secondary N) is 1. The van der Waals surface area contributed by atoms with E-state index in [4.69, 9.17) is 4.74 Å². The van der Waals surface area contributed by atoms with Crippen LogP contribution in [0.5, 0.6) is 5.75 Å². The molecule has 1 N–H and O–H groups in total. The van der Waals surface area contributed by atoms with Crippen LogP contribution in [0.1, 0.15) is 30.0 Å². The fraction of sp³-hybridized carbons (Fsp3) is 0.316. The number of aryl methyl sites for hydroxylation is 2. The molecule has 0 heterocycles. The van der Waals surface area contributed by atoms with Gasteiger partial charge in [-0.3, -0.25) is 4.79 Å². The van der Waals surface area contributed by atoms with Crippen LogP contribution in [0.15, 0.2) is 48.5 Å². The van der Waals surface area contributed by atoms with Gasteiger partial charge < -0.3 is 10.1 Å². The number of carbonyl (C=O) groups is 1. The van der Waals surface area contributed by atoms with E-state index in [-0.39, 0.29) is 5.91 Å². The van der Waals surface area contributed by atoms with E-state index in [0.29, 0.717) is 19.6 Å². The van der Waals surface area contributed by atoms with Gasteiger partial charge >= 0.3 is 0 Å². The predicted molar refractivity (Wildman–Crippen MR) is 89.0 cm³/mol. The number of hydrogen-bond acceptors (Lipinski definition) is 2. The normalized spacial score (nSPS) is 10.3. The summed E-state index contributed by atoms with van der Waals surface area (Å²) in [5.74, 6) is 0.936. The summed E-state index contributed by atoms with van der Waals surface area (Å²) in [5, 5.41) is 2.95. The van der Waals surface area contributed by atoms with Crippen LogP contribution < -0.4 is 10.1 Å². The van der Waals surface area contributed by atoms with Gasteiger partial charge in [0.05, 0.1) is 6.61 Å². The van der Waals surface area contributed by atoms with Crippen LogP contribution in [-0.4, -0.2) is 12.5 Å². The minimum Gasteiger partial charge on any atom is -0.494 e. The molecule has 0 radical (unpaired) electrons. The van der Waals surface area contributed by atoms with Crippen LogP contribution in [-0.2, 0) is 17.8 Å². The fourth-order valence-electron chi connectivity index (χ4n) is 2.17. The molecule has 3 nitrogen and oxygen atoms in total. The number of benzene rings is 2. The molecule has 2 aromatic carbocycles. The Hall–Kier alpha value is -2.29. The smallest absolute Gasteiger partial charge is 0.220 e. The molecule has 0 aliphatic rings. The SMILES string of the molecule is CCOc1ccc(CNC(=O)CCc2ccc(C)cc2)cc1. The van der Waals surface area contributed by atoms with Crippen molar-refractivity contribution in [3.8, 4) is 5.75 Å². The summed E-state index contributed by atoms with van der Waals surface area (Å²) >= 11 is 0. The lowest BCUT2D eigenvalue weighted by molar-refractivity contribution is -0.121. The molecular weight excluding hydrogens is 274 g/mol. The average Bonchev–Trinajstić information content (AvgIpc) is 2.54. The Morgan fingerprint density at radius 3 is 2.27 bits per heavy atom. The van der Waals surface area contributed by atoms with Gasteiger partial charge in [0.2, 0.25) is 5.91 Å². The van der Waals surface area contributed by atoms with Gasteiger partial charge in [-0.05, 0) is 43.5 Å². The maximum absolute atomic E-state index is 11.9. The summed E-state index contributed by atoms with van der Waals surface area (Å²) in [6.45, 7) is 5.24. The molecule has 0 aromatic heterocycles. The molecule has 0 fully saturated rings. The lowest BCUT2D eigenvalue weighted by Crippen LogP contribution is -2.22. The molecule has 0 saturated heterocycles. The highest BCUT2D eigenvalue weighted by Gasteiger charge is 2.03. The summed E-state index contributed by atoms with van der Waals surface area (Å²) in [5.41, 5.74) is 3.51. The summed E-state index contributed by atoms with van der Waals surface area (Å²) in [7, 11) is 0. The zero-order valence-corrected chi connectivity index (χ0v) is 13.3. The predicted octanol–water partition coefficient (Wildman–Crippen LogP) is 3.64. The zero-order chi connectivity index (χ0) is 15.8. The number of hydrogen-bond donors (Lipinski definition) is 1. The van der Waals surface area contributed by atoms with Crippen molar-refractivity contribution in [1.29, 1.82) is 0 Å². The summed E-state index contributed by atoms with van der Waals surface area (Å²) < 4.78 is 5.40. The molecule has 3 heteroatoms. The van der Waals surface area contributed by atoms with Crippen molar-refractivity contribution in [2.24, 2.45) is 0 Å². The van der Waals surface area contributed by atoms with Crippen LogP contribution >= 0.6 is 0 Å². The first-order chi connectivity index (χ1) is 10.7. The first-order valence-electron chi connectivity index (χ1n) is 7.71. The summed E-state index contributed by atoms with van der Waals surface area (Å²) in [6, 6.07) is 16.1. The van der Waals surface area contributed by atoms with Crippen molar-refractivity contribution in [3.05, 3.63) is 65.2 Å². The zero-order valence-electron chi connectivity index (χ0n) is 13.3. The Morgan fingerprint density at radius 1 is 1.00 bits per heavy atom. The lowest BCUT2D eigenvalue weighted by atomic mass is 10.1. The second-order valence-corrected chi connectivity index (χ2v) is 5.34. The first-order valence-corrected chi connectivity index (χ1v) is 7.71. The van der Waals surface area contributed by atoms with E-state index >= 15 is 0 Å². The van der Waals surface area contributed by atoms with Crippen molar-refractivity contribution in [3.63, 3.8) is 0 Å². The van der Waals surface area contributed by atoms with Crippen molar-refractivity contribution >= 4 is 5.91 Å². The minimum absolute atomic E-state index is 0.0782. The highest BCUT2D eigenvalue weighted by Crippen LogP contribution is 2.12. The van der Waals surface area contributed by atoms with Crippen LogP contribution in [0.25, 0.3) is 0 Å². The molecule has 22 heavy (non-hydrogen) atoms. The van der Waals surface area contributed by atoms with Crippen LogP contribution in [0.3, 0.4) is 0 Å². The number of rotatable bonds is 7. The van der Waals surface area contributed by atoms with Gasteiger partial charge in [-0.2, -0.15) is 0 Å². The Bertz CT molecular complexity index is 588. The van der Waals surface area contributed by atoms with E-state index < -0.39 is 0 Å². The summed E-state index contributed by atoms with van der Waals surface area (Å²) in [4.78, 5) is 11.9. The molecule has 2 rings (SSSR count). The van der Waals surface area contributed by atoms with Gasteiger partial charge in [-0.15, -0.1) is 0 Å². The number of ether oxygens (including phenoxy) is 1. The monoisotopic (exact) mass is 297 g/mol. The van der Waals surface area contributed by atoms with Crippen LogP contribution in [0.2, 0.25) is 0 Å². The quantitative estimate of drug-likeness (QED) is 0.847. The third-order valence-corrected chi connectivity index (χ3v) is 3.49. The highest BCUT2D eigenvalue weighted by molar-refractivity contribution is 5.76. The average molecular weight is 297 g/mol. The molecule has 116 valence electrons. The fourth-order valence-corrected chi connectivity index (χ4v) is 2.17. The van der Waals surface area contributed by atoms with E-state index in [2.05, 4.69) is 36.5 Å².